The Hall–Kier alpha value is -2.53. The molecule has 5 heteroatoms. The summed E-state index contributed by atoms with van der Waals surface area (Å²) < 4.78 is 16.0. The molecule has 0 fully saturated rings. The lowest BCUT2D eigenvalue weighted by Crippen LogP contribution is -2.55. The molecule has 1 aliphatic heterocycles. The molecule has 1 aliphatic rings. The second-order valence-corrected chi connectivity index (χ2v) is 6.10. The lowest BCUT2D eigenvalue weighted by Gasteiger charge is -2.38. The molecule has 0 bridgehead atoms. The SMILES string of the molecule is COC(=O)[C@@]1(Cc2ccccc2)NCCc2cc(OC)c(OC)cc21. The highest BCUT2D eigenvalue weighted by atomic mass is 16.5. The second-order valence-electron chi connectivity index (χ2n) is 6.10. The van der Waals surface area contributed by atoms with E-state index in [2.05, 4.69) is 5.32 Å². The molecule has 3 rings (SSSR count). The standard InChI is InChI=1S/C20H23NO4/c1-23-17-11-15-9-10-21-20(19(22)25-3,16(15)12-18(17)24-2)13-14-7-5-4-6-8-14/h4-8,11-12,21H,9-10,13H2,1-3H3/t20-/m0/s1. The van der Waals surface area contributed by atoms with Crippen LogP contribution >= 0.6 is 0 Å². The van der Waals surface area contributed by atoms with E-state index >= 15 is 0 Å². The van der Waals surface area contributed by atoms with Crippen molar-refractivity contribution in [2.75, 3.05) is 27.9 Å². The second kappa shape index (κ2) is 7.15. The molecule has 1 heterocycles. The number of rotatable bonds is 5. The Labute approximate surface area is 147 Å². The van der Waals surface area contributed by atoms with Crippen LogP contribution in [-0.4, -0.2) is 33.8 Å². The van der Waals surface area contributed by atoms with Gasteiger partial charge in [-0.15, -0.1) is 0 Å². The van der Waals surface area contributed by atoms with Crippen molar-refractivity contribution in [1.82, 2.24) is 5.32 Å². The van der Waals surface area contributed by atoms with E-state index in [0.717, 1.165) is 23.1 Å². The van der Waals surface area contributed by atoms with Gasteiger partial charge in [-0.3, -0.25) is 5.32 Å². The molecule has 0 aliphatic carbocycles. The first kappa shape index (κ1) is 17.3. The van der Waals surface area contributed by atoms with Gasteiger partial charge in [0.05, 0.1) is 21.3 Å². The van der Waals surface area contributed by atoms with Gasteiger partial charge in [0.2, 0.25) is 0 Å². The van der Waals surface area contributed by atoms with Gasteiger partial charge in [0.1, 0.15) is 5.54 Å². The Bertz CT molecular complexity index is 760. The van der Waals surface area contributed by atoms with Gasteiger partial charge in [-0.1, -0.05) is 30.3 Å². The minimum absolute atomic E-state index is 0.301. The van der Waals surface area contributed by atoms with E-state index in [0.29, 0.717) is 24.5 Å². The Kier molecular flexibility index (Phi) is 4.95. The number of benzene rings is 2. The predicted molar refractivity (Wildman–Crippen MR) is 95.1 cm³/mol. The zero-order valence-electron chi connectivity index (χ0n) is 14.8. The summed E-state index contributed by atoms with van der Waals surface area (Å²) in [7, 11) is 4.63. The molecule has 5 nitrogen and oxygen atoms in total. The van der Waals surface area contributed by atoms with Gasteiger partial charge >= 0.3 is 5.97 Å². The fraction of sp³-hybridized carbons (Fsp3) is 0.350. The number of carbonyl (C=O) groups is 1. The van der Waals surface area contributed by atoms with Gasteiger partial charge in [0, 0.05) is 13.0 Å². The summed E-state index contributed by atoms with van der Waals surface area (Å²) in [5.41, 5.74) is 2.07. The van der Waals surface area contributed by atoms with Crippen molar-refractivity contribution in [1.29, 1.82) is 0 Å². The van der Waals surface area contributed by atoms with Gasteiger partial charge in [0.25, 0.3) is 0 Å². The van der Waals surface area contributed by atoms with Crippen LogP contribution in [0.2, 0.25) is 0 Å². The molecule has 2 aromatic rings. The van der Waals surface area contributed by atoms with Crippen LogP contribution < -0.4 is 14.8 Å². The smallest absolute Gasteiger partial charge is 0.331 e. The normalized spacial score (nSPS) is 19.0. The summed E-state index contributed by atoms with van der Waals surface area (Å²) in [6, 6.07) is 13.8. The predicted octanol–water partition coefficient (Wildman–Crippen LogP) is 2.46. The number of hydrogen-bond donors (Lipinski definition) is 1. The van der Waals surface area contributed by atoms with Crippen LogP contribution in [0.4, 0.5) is 0 Å². The Morgan fingerprint density at radius 2 is 1.76 bits per heavy atom. The van der Waals surface area contributed by atoms with Crippen LogP contribution in [0.25, 0.3) is 0 Å². The lowest BCUT2D eigenvalue weighted by molar-refractivity contribution is -0.149. The third-order valence-electron chi connectivity index (χ3n) is 4.74. The molecule has 0 saturated carbocycles. The molecule has 25 heavy (non-hydrogen) atoms. The molecule has 132 valence electrons. The molecule has 1 atom stereocenters. The topological polar surface area (TPSA) is 56.8 Å². The highest BCUT2D eigenvalue weighted by Gasteiger charge is 2.45. The Morgan fingerprint density at radius 1 is 1.08 bits per heavy atom. The summed E-state index contributed by atoms with van der Waals surface area (Å²) in [6.45, 7) is 0.685. The van der Waals surface area contributed by atoms with Crippen molar-refractivity contribution in [3.05, 3.63) is 59.2 Å². The monoisotopic (exact) mass is 341 g/mol. The van der Waals surface area contributed by atoms with Crippen molar-refractivity contribution < 1.29 is 19.0 Å². The zero-order chi connectivity index (χ0) is 17.9. The third-order valence-corrected chi connectivity index (χ3v) is 4.74. The maximum atomic E-state index is 12.9. The van der Waals surface area contributed by atoms with Crippen LogP contribution in [0, 0.1) is 0 Å². The van der Waals surface area contributed by atoms with E-state index in [1.807, 2.05) is 42.5 Å². The fourth-order valence-corrected chi connectivity index (χ4v) is 3.52. The molecule has 0 spiro atoms. The Balaban J connectivity index is 2.16. The number of esters is 1. The molecule has 1 N–H and O–H groups in total. The summed E-state index contributed by atoms with van der Waals surface area (Å²) in [5, 5.41) is 3.41. The van der Waals surface area contributed by atoms with Crippen LogP contribution in [0.5, 0.6) is 11.5 Å². The van der Waals surface area contributed by atoms with E-state index in [1.54, 1.807) is 14.2 Å². The van der Waals surface area contributed by atoms with E-state index in [9.17, 15) is 4.79 Å². The van der Waals surface area contributed by atoms with Crippen LogP contribution in [0.3, 0.4) is 0 Å². The molecular formula is C20H23NO4. The van der Waals surface area contributed by atoms with Gasteiger partial charge in [-0.2, -0.15) is 0 Å². The summed E-state index contributed by atoms with van der Waals surface area (Å²) >= 11 is 0. The molecule has 0 saturated heterocycles. The van der Waals surface area contributed by atoms with E-state index < -0.39 is 5.54 Å². The van der Waals surface area contributed by atoms with Crippen LogP contribution in [0.1, 0.15) is 16.7 Å². The lowest BCUT2D eigenvalue weighted by atomic mass is 9.78. The highest BCUT2D eigenvalue weighted by molar-refractivity contribution is 5.84. The first-order chi connectivity index (χ1) is 12.1. The van der Waals surface area contributed by atoms with Crippen molar-refractivity contribution >= 4 is 5.97 Å². The largest absolute Gasteiger partial charge is 0.493 e. The number of ether oxygens (including phenoxy) is 3. The molecular weight excluding hydrogens is 318 g/mol. The summed E-state index contributed by atoms with van der Waals surface area (Å²) in [4.78, 5) is 12.9. The molecule has 0 aromatic heterocycles. The number of fused-ring (bicyclic) bond motifs is 1. The minimum atomic E-state index is -0.941. The highest BCUT2D eigenvalue weighted by Crippen LogP contribution is 2.39. The van der Waals surface area contributed by atoms with Gasteiger partial charge in [0.15, 0.2) is 11.5 Å². The minimum Gasteiger partial charge on any atom is -0.493 e. The first-order valence-electron chi connectivity index (χ1n) is 8.27. The first-order valence-corrected chi connectivity index (χ1v) is 8.27. The van der Waals surface area contributed by atoms with E-state index in [4.69, 9.17) is 14.2 Å². The van der Waals surface area contributed by atoms with Crippen LogP contribution in [0.15, 0.2) is 42.5 Å². The summed E-state index contributed by atoms with van der Waals surface area (Å²) in [5.74, 6) is 0.970. The van der Waals surface area contributed by atoms with Gasteiger partial charge in [-0.25, -0.2) is 4.79 Å². The molecule has 0 amide bonds. The molecule has 0 unspecified atom stereocenters. The zero-order valence-corrected chi connectivity index (χ0v) is 14.8. The average molecular weight is 341 g/mol. The van der Waals surface area contributed by atoms with Crippen molar-refractivity contribution in [3.8, 4) is 11.5 Å². The maximum absolute atomic E-state index is 12.9. The summed E-state index contributed by atoms with van der Waals surface area (Å²) in [6.07, 6.45) is 1.31. The molecule has 0 radical (unpaired) electrons. The third kappa shape index (κ3) is 3.07. The number of nitrogens with one attached hydrogen (secondary N) is 1. The van der Waals surface area contributed by atoms with Crippen LogP contribution in [-0.2, 0) is 27.9 Å². The quantitative estimate of drug-likeness (QED) is 0.847. The van der Waals surface area contributed by atoms with Gasteiger partial charge in [-0.05, 0) is 35.2 Å². The number of hydrogen-bond acceptors (Lipinski definition) is 5. The maximum Gasteiger partial charge on any atom is 0.331 e. The van der Waals surface area contributed by atoms with E-state index in [1.165, 1.54) is 7.11 Å². The van der Waals surface area contributed by atoms with Gasteiger partial charge < -0.3 is 14.2 Å². The number of methoxy groups -OCH3 is 3. The van der Waals surface area contributed by atoms with E-state index in [-0.39, 0.29) is 5.97 Å². The average Bonchev–Trinajstić information content (AvgIpc) is 2.67. The number of carbonyl (C=O) groups excluding carboxylic acids is 1. The van der Waals surface area contributed by atoms with Crippen molar-refractivity contribution in [3.63, 3.8) is 0 Å². The molecule has 2 aromatic carbocycles. The Morgan fingerprint density at radius 3 is 2.40 bits per heavy atom. The van der Waals surface area contributed by atoms with Crippen molar-refractivity contribution in [2.24, 2.45) is 0 Å². The fourth-order valence-electron chi connectivity index (χ4n) is 3.52. The van der Waals surface area contributed by atoms with Crippen molar-refractivity contribution in [2.45, 2.75) is 18.4 Å².